The van der Waals surface area contributed by atoms with Crippen LogP contribution in [0.1, 0.15) is 18.4 Å². The number of hydrogen-bond donors (Lipinski definition) is 0. The molecule has 2 aromatic carbocycles. The molecule has 1 fully saturated rings. The second-order valence-electron chi connectivity index (χ2n) is 5.04. The average molecular weight is 301 g/mol. The second kappa shape index (κ2) is 6.85. The first-order chi connectivity index (χ1) is 10.4. The molecule has 1 unspecified atom stereocenters. The highest BCUT2D eigenvalue weighted by Crippen LogP contribution is 2.28. The predicted molar refractivity (Wildman–Crippen MR) is 86.0 cm³/mol. The van der Waals surface area contributed by atoms with Crippen molar-refractivity contribution >= 4 is 22.4 Å². The number of halogens is 1. The lowest BCUT2D eigenvalue weighted by Gasteiger charge is -2.14. The maximum atomic E-state index is 5.96. The van der Waals surface area contributed by atoms with E-state index in [4.69, 9.17) is 21.1 Å². The van der Waals surface area contributed by atoms with Crippen LogP contribution in [0.2, 0.25) is 0 Å². The van der Waals surface area contributed by atoms with Gasteiger partial charge < -0.3 is 9.47 Å². The summed E-state index contributed by atoms with van der Waals surface area (Å²) in [5.41, 5.74) is 0.909. The zero-order valence-electron chi connectivity index (χ0n) is 11.8. The summed E-state index contributed by atoms with van der Waals surface area (Å²) in [5, 5.41) is 2.25. The van der Waals surface area contributed by atoms with Crippen LogP contribution >= 0.6 is 11.6 Å². The summed E-state index contributed by atoms with van der Waals surface area (Å²) in [6.45, 7) is 1.42. The van der Waals surface area contributed by atoms with E-state index in [1.807, 2.05) is 18.2 Å². The number of ether oxygens (including phenoxy) is 2. The fourth-order valence-corrected chi connectivity index (χ4v) is 2.65. The van der Waals surface area contributed by atoms with E-state index < -0.39 is 0 Å². The highest BCUT2D eigenvalue weighted by Gasteiger charge is 2.17. The first-order valence-corrected chi connectivity index (χ1v) is 7.73. The summed E-state index contributed by atoms with van der Waals surface area (Å²) in [4.78, 5) is 0. The summed E-state index contributed by atoms with van der Waals surface area (Å²) in [5.74, 6) is 7.18. The first kappa shape index (κ1) is 14.3. The molecule has 0 N–H and O–H groups in total. The minimum absolute atomic E-state index is 0.199. The highest BCUT2D eigenvalue weighted by atomic mass is 35.5. The van der Waals surface area contributed by atoms with Crippen LogP contribution in [0.15, 0.2) is 36.4 Å². The van der Waals surface area contributed by atoms with E-state index in [1.165, 1.54) is 0 Å². The van der Waals surface area contributed by atoms with Crippen molar-refractivity contribution in [3.8, 4) is 17.6 Å². The van der Waals surface area contributed by atoms with E-state index >= 15 is 0 Å². The maximum absolute atomic E-state index is 5.96. The molecule has 0 radical (unpaired) electrons. The molecule has 108 valence electrons. The Morgan fingerprint density at radius 1 is 1.24 bits per heavy atom. The molecule has 1 heterocycles. The van der Waals surface area contributed by atoms with E-state index in [9.17, 15) is 0 Å². The minimum atomic E-state index is 0.199. The molecule has 1 aliphatic heterocycles. The maximum Gasteiger partial charge on any atom is 0.135 e. The monoisotopic (exact) mass is 300 g/mol. The lowest BCUT2D eigenvalue weighted by Crippen LogP contribution is -2.16. The molecule has 1 atom stereocenters. The smallest absolute Gasteiger partial charge is 0.135 e. The minimum Gasteiger partial charge on any atom is -0.490 e. The van der Waals surface area contributed by atoms with Crippen LogP contribution in [-0.2, 0) is 4.74 Å². The molecule has 3 rings (SSSR count). The molecule has 0 saturated carbocycles. The average Bonchev–Trinajstić information content (AvgIpc) is 3.04. The van der Waals surface area contributed by atoms with E-state index in [2.05, 4.69) is 30.0 Å². The van der Waals surface area contributed by atoms with Gasteiger partial charge in [0, 0.05) is 12.0 Å². The van der Waals surface area contributed by atoms with E-state index in [-0.39, 0.29) is 6.10 Å². The molecule has 0 bridgehead atoms. The molecule has 0 aliphatic carbocycles. The van der Waals surface area contributed by atoms with Crippen LogP contribution in [0.3, 0.4) is 0 Å². The summed E-state index contributed by atoms with van der Waals surface area (Å²) < 4.78 is 11.6. The zero-order valence-corrected chi connectivity index (χ0v) is 12.5. The molecule has 2 aromatic rings. The molecular formula is C18H17ClO2. The SMILES string of the molecule is ClCC#Cc1c(OCC2CCCO2)ccc2ccccc12. The van der Waals surface area contributed by atoms with Crippen molar-refractivity contribution in [3.05, 3.63) is 42.0 Å². The van der Waals surface area contributed by atoms with Gasteiger partial charge in [-0.25, -0.2) is 0 Å². The van der Waals surface area contributed by atoms with Gasteiger partial charge in [-0.2, -0.15) is 0 Å². The van der Waals surface area contributed by atoms with Gasteiger partial charge in [0.15, 0.2) is 0 Å². The quantitative estimate of drug-likeness (QED) is 0.630. The van der Waals surface area contributed by atoms with Crippen LogP contribution in [0.4, 0.5) is 0 Å². The fourth-order valence-electron chi connectivity index (χ4n) is 2.58. The van der Waals surface area contributed by atoms with Crippen molar-refractivity contribution in [1.82, 2.24) is 0 Å². The van der Waals surface area contributed by atoms with Crippen molar-refractivity contribution in [2.75, 3.05) is 19.1 Å². The van der Waals surface area contributed by atoms with Crippen LogP contribution < -0.4 is 4.74 Å². The van der Waals surface area contributed by atoms with Crippen LogP contribution in [0, 0.1) is 11.8 Å². The van der Waals surface area contributed by atoms with Gasteiger partial charge in [0.1, 0.15) is 12.4 Å². The van der Waals surface area contributed by atoms with Gasteiger partial charge in [0.2, 0.25) is 0 Å². The molecule has 1 aliphatic rings. The molecular weight excluding hydrogens is 284 g/mol. The predicted octanol–water partition coefficient (Wildman–Crippen LogP) is 3.99. The third-order valence-electron chi connectivity index (χ3n) is 3.62. The Morgan fingerprint density at radius 3 is 2.95 bits per heavy atom. The Morgan fingerprint density at radius 2 is 2.14 bits per heavy atom. The molecule has 0 spiro atoms. The number of hydrogen-bond acceptors (Lipinski definition) is 2. The molecule has 2 nitrogen and oxygen atoms in total. The van der Waals surface area contributed by atoms with Crippen LogP contribution in [0.25, 0.3) is 10.8 Å². The van der Waals surface area contributed by atoms with Crippen LogP contribution in [-0.4, -0.2) is 25.2 Å². The Labute approximate surface area is 130 Å². The first-order valence-electron chi connectivity index (χ1n) is 7.19. The van der Waals surface area contributed by atoms with Gasteiger partial charge in [-0.3, -0.25) is 0 Å². The van der Waals surface area contributed by atoms with Crippen molar-refractivity contribution in [2.24, 2.45) is 0 Å². The Balaban J connectivity index is 1.92. The van der Waals surface area contributed by atoms with E-state index in [0.29, 0.717) is 12.5 Å². The number of benzene rings is 2. The second-order valence-corrected chi connectivity index (χ2v) is 5.31. The fraction of sp³-hybridized carbons (Fsp3) is 0.333. The number of rotatable bonds is 3. The summed E-state index contributed by atoms with van der Waals surface area (Å²) in [6, 6.07) is 12.2. The van der Waals surface area contributed by atoms with Crippen molar-refractivity contribution < 1.29 is 9.47 Å². The van der Waals surface area contributed by atoms with Crippen molar-refractivity contribution in [1.29, 1.82) is 0 Å². The normalized spacial score (nSPS) is 17.5. The largest absolute Gasteiger partial charge is 0.490 e. The number of fused-ring (bicyclic) bond motifs is 1. The molecule has 1 saturated heterocycles. The lowest BCUT2D eigenvalue weighted by molar-refractivity contribution is 0.0679. The standard InChI is InChI=1S/C18H17ClO2/c19-11-3-8-17-16-7-2-1-5-14(16)9-10-18(17)21-13-15-6-4-12-20-15/h1-2,5,7,9-10,15H,4,6,11-13H2. The Bertz CT molecular complexity index is 678. The van der Waals surface area contributed by atoms with Crippen LogP contribution in [0.5, 0.6) is 5.75 Å². The third-order valence-corrected chi connectivity index (χ3v) is 3.75. The Kier molecular flexibility index (Phi) is 4.65. The summed E-state index contributed by atoms with van der Waals surface area (Å²) in [6.07, 6.45) is 2.38. The van der Waals surface area contributed by atoms with Gasteiger partial charge >= 0.3 is 0 Å². The van der Waals surface area contributed by atoms with E-state index in [0.717, 1.165) is 41.5 Å². The topological polar surface area (TPSA) is 18.5 Å². The summed E-state index contributed by atoms with van der Waals surface area (Å²) in [7, 11) is 0. The van der Waals surface area contributed by atoms with Gasteiger partial charge in [0.05, 0.1) is 17.5 Å². The molecule has 3 heteroatoms. The molecule has 0 aromatic heterocycles. The Hall–Kier alpha value is -1.69. The zero-order chi connectivity index (χ0) is 14.5. The van der Waals surface area contributed by atoms with E-state index in [1.54, 1.807) is 0 Å². The molecule has 21 heavy (non-hydrogen) atoms. The highest BCUT2D eigenvalue weighted by molar-refractivity contribution is 6.19. The van der Waals surface area contributed by atoms with Gasteiger partial charge in [0.25, 0.3) is 0 Å². The third kappa shape index (κ3) is 3.32. The van der Waals surface area contributed by atoms with Gasteiger partial charge in [-0.1, -0.05) is 42.2 Å². The number of alkyl halides is 1. The lowest BCUT2D eigenvalue weighted by atomic mass is 10.0. The van der Waals surface area contributed by atoms with Gasteiger partial charge in [-0.15, -0.1) is 11.6 Å². The molecule has 0 amide bonds. The van der Waals surface area contributed by atoms with Gasteiger partial charge in [-0.05, 0) is 24.3 Å². The van der Waals surface area contributed by atoms with Crippen molar-refractivity contribution in [3.63, 3.8) is 0 Å². The van der Waals surface area contributed by atoms with Crippen molar-refractivity contribution in [2.45, 2.75) is 18.9 Å². The summed E-state index contributed by atoms with van der Waals surface area (Å²) >= 11 is 5.70.